The van der Waals surface area contributed by atoms with Crippen molar-refractivity contribution in [3.8, 4) is 5.75 Å². The van der Waals surface area contributed by atoms with Crippen molar-refractivity contribution >= 4 is 11.3 Å². The van der Waals surface area contributed by atoms with Crippen LogP contribution in [0.4, 0.5) is 0 Å². The smallest absolute Gasteiger partial charge is 0.343 e. The molecule has 3 atom stereocenters. The van der Waals surface area contributed by atoms with Crippen LogP contribution in [0.3, 0.4) is 0 Å². The molecule has 142 valence electrons. The molecule has 2 aromatic heterocycles. The van der Waals surface area contributed by atoms with Gasteiger partial charge in [0.1, 0.15) is 11.5 Å². The number of thiophene rings is 1. The van der Waals surface area contributed by atoms with Crippen LogP contribution in [-0.4, -0.2) is 18.3 Å². The quantitative estimate of drug-likeness (QED) is 0.723. The predicted octanol–water partition coefficient (Wildman–Crippen LogP) is 5.18. The van der Waals surface area contributed by atoms with Gasteiger partial charge in [-0.1, -0.05) is 13.8 Å². The van der Waals surface area contributed by atoms with E-state index in [4.69, 9.17) is 9.15 Å². The maximum absolute atomic E-state index is 12.8. The Morgan fingerprint density at radius 3 is 2.65 bits per heavy atom. The Bertz CT molecular complexity index is 786. The molecule has 1 N–H and O–H groups in total. The van der Waals surface area contributed by atoms with Crippen molar-refractivity contribution < 1.29 is 14.3 Å². The largest absolute Gasteiger partial charge is 0.507 e. The van der Waals surface area contributed by atoms with E-state index in [9.17, 15) is 9.90 Å². The van der Waals surface area contributed by atoms with Gasteiger partial charge in [0.2, 0.25) is 0 Å². The maximum atomic E-state index is 12.8. The Kier molecular flexibility index (Phi) is 6.20. The lowest BCUT2D eigenvalue weighted by Gasteiger charge is -2.19. The standard InChI is InChI=1S/C21H28O4S/c1-4-15(10-14-8-9-24-12-14)18-11-17(22)20(21(23)25-18)16(5-2)19-7-6-13(3)26-19/h6-7,11,14-16,22H,4-5,8-10,12H2,1-3H3. The summed E-state index contributed by atoms with van der Waals surface area (Å²) in [5, 5.41) is 10.7. The van der Waals surface area contributed by atoms with Crippen molar-refractivity contribution in [2.24, 2.45) is 5.92 Å². The average Bonchev–Trinajstić information content (AvgIpc) is 3.27. The van der Waals surface area contributed by atoms with Gasteiger partial charge in [-0.3, -0.25) is 0 Å². The molecule has 0 spiro atoms. The first kappa shape index (κ1) is 19.2. The molecule has 1 saturated heterocycles. The van der Waals surface area contributed by atoms with Crippen LogP contribution in [0.5, 0.6) is 5.75 Å². The van der Waals surface area contributed by atoms with Crippen LogP contribution in [0.1, 0.15) is 72.4 Å². The van der Waals surface area contributed by atoms with Crippen LogP contribution in [0, 0.1) is 12.8 Å². The lowest BCUT2D eigenvalue weighted by molar-refractivity contribution is 0.181. The molecule has 5 heteroatoms. The van der Waals surface area contributed by atoms with Gasteiger partial charge in [0, 0.05) is 40.9 Å². The highest BCUT2D eigenvalue weighted by Crippen LogP contribution is 2.38. The average molecular weight is 377 g/mol. The molecule has 0 amide bonds. The summed E-state index contributed by atoms with van der Waals surface area (Å²) in [6, 6.07) is 5.76. The fourth-order valence-electron chi connectivity index (χ4n) is 3.87. The zero-order valence-corrected chi connectivity index (χ0v) is 16.6. The molecule has 3 heterocycles. The fourth-order valence-corrected chi connectivity index (χ4v) is 4.95. The second kappa shape index (κ2) is 8.40. The van der Waals surface area contributed by atoms with Gasteiger partial charge in [-0.25, -0.2) is 4.79 Å². The number of hydrogen-bond donors (Lipinski definition) is 1. The summed E-state index contributed by atoms with van der Waals surface area (Å²) in [5.74, 6) is 1.18. The molecule has 1 aliphatic rings. The Morgan fingerprint density at radius 1 is 1.31 bits per heavy atom. The number of ether oxygens (including phenoxy) is 1. The molecular formula is C21H28O4S. The van der Waals surface area contributed by atoms with Gasteiger partial charge in [0.05, 0.1) is 5.56 Å². The lowest BCUT2D eigenvalue weighted by atomic mass is 9.89. The number of hydrogen-bond acceptors (Lipinski definition) is 5. The molecule has 0 aliphatic carbocycles. The van der Waals surface area contributed by atoms with E-state index in [0.717, 1.165) is 43.8 Å². The maximum Gasteiger partial charge on any atom is 0.343 e. The molecule has 1 fully saturated rings. The van der Waals surface area contributed by atoms with Crippen molar-refractivity contribution in [2.75, 3.05) is 13.2 Å². The van der Waals surface area contributed by atoms with Gasteiger partial charge in [-0.05, 0) is 50.7 Å². The third-order valence-corrected chi connectivity index (χ3v) is 6.50. The summed E-state index contributed by atoms with van der Waals surface area (Å²) in [4.78, 5) is 15.0. The minimum Gasteiger partial charge on any atom is -0.507 e. The van der Waals surface area contributed by atoms with Crippen molar-refractivity contribution in [1.29, 1.82) is 0 Å². The SMILES string of the molecule is CCC(CC1CCOC1)c1cc(O)c(C(CC)c2ccc(C)s2)c(=O)o1. The van der Waals surface area contributed by atoms with Crippen molar-refractivity contribution in [3.63, 3.8) is 0 Å². The number of rotatable bonds is 7. The Morgan fingerprint density at radius 2 is 2.12 bits per heavy atom. The van der Waals surface area contributed by atoms with E-state index in [-0.39, 0.29) is 17.6 Å². The predicted molar refractivity (Wildman–Crippen MR) is 104 cm³/mol. The van der Waals surface area contributed by atoms with Crippen molar-refractivity contribution in [3.05, 3.63) is 49.7 Å². The van der Waals surface area contributed by atoms with Crippen molar-refractivity contribution in [2.45, 2.75) is 58.3 Å². The molecule has 0 saturated carbocycles. The second-order valence-electron chi connectivity index (χ2n) is 7.21. The van der Waals surface area contributed by atoms with Crippen LogP contribution in [0.15, 0.2) is 27.4 Å². The van der Waals surface area contributed by atoms with Crippen LogP contribution in [0.2, 0.25) is 0 Å². The van der Waals surface area contributed by atoms with Gasteiger partial charge < -0.3 is 14.3 Å². The molecule has 0 aromatic carbocycles. The summed E-state index contributed by atoms with van der Waals surface area (Å²) in [7, 11) is 0. The molecule has 2 aromatic rings. The van der Waals surface area contributed by atoms with E-state index in [2.05, 4.69) is 6.92 Å². The fraction of sp³-hybridized carbons (Fsp3) is 0.571. The second-order valence-corrected chi connectivity index (χ2v) is 8.53. The zero-order valence-electron chi connectivity index (χ0n) is 15.8. The Balaban J connectivity index is 1.90. The lowest BCUT2D eigenvalue weighted by Crippen LogP contribution is -2.16. The third-order valence-electron chi connectivity index (χ3n) is 5.38. The van der Waals surface area contributed by atoms with E-state index >= 15 is 0 Å². The van der Waals surface area contributed by atoms with E-state index < -0.39 is 5.63 Å². The van der Waals surface area contributed by atoms with Gasteiger partial charge in [-0.15, -0.1) is 11.3 Å². The first-order valence-electron chi connectivity index (χ1n) is 9.54. The summed E-state index contributed by atoms with van der Waals surface area (Å²) in [6.07, 6.45) is 3.60. The summed E-state index contributed by atoms with van der Waals surface area (Å²) in [5.41, 5.74) is -0.0174. The molecule has 26 heavy (non-hydrogen) atoms. The zero-order chi connectivity index (χ0) is 18.7. The number of aromatic hydroxyl groups is 1. The Labute approximate surface area is 158 Å². The van der Waals surface area contributed by atoms with Gasteiger partial charge in [0.15, 0.2) is 0 Å². The normalized spacial score (nSPS) is 19.6. The summed E-state index contributed by atoms with van der Waals surface area (Å²) in [6.45, 7) is 7.76. The van der Waals surface area contributed by atoms with Crippen LogP contribution in [-0.2, 0) is 4.74 Å². The summed E-state index contributed by atoms with van der Waals surface area (Å²) < 4.78 is 11.2. The van der Waals surface area contributed by atoms with E-state index in [1.165, 1.54) is 4.88 Å². The van der Waals surface area contributed by atoms with Crippen LogP contribution >= 0.6 is 11.3 Å². The molecule has 3 unspecified atom stereocenters. The Hall–Kier alpha value is -1.59. The van der Waals surface area contributed by atoms with E-state index in [1.54, 1.807) is 17.4 Å². The van der Waals surface area contributed by atoms with Crippen LogP contribution in [0.25, 0.3) is 0 Å². The third kappa shape index (κ3) is 4.04. The van der Waals surface area contributed by atoms with E-state index in [0.29, 0.717) is 17.2 Å². The highest BCUT2D eigenvalue weighted by Gasteiger charge is 2.27. The number of aryl methyl sites for hydroxylation is 1. The minimum atomic E-state index is -0.404. The summed E-state index contributed by atoms with van der Waals surface area (Å²) >= 11 is 1.66. The molecule has 4 nitrogen and oxygen atoms in total. The highest BCUT2D eigenvalue weighted by molar-refractivity contribution is 7.12. The molecular weight excluding hydrogens is 348 g/mol. The van der Waals surface area contributed by atoms with Gasteiger partial charge in [-0.2, -0.15) is 0 Å². The molecule has 1 aliphatic heterocycles. The molecule has 0 bridgehead atoms. The van der Waals surface area contributed by atoms with Crippen molar-refractivity contribution in [1.82, 2.24) is 0 Å². The van der Waals surface area contributed by atoms with Gasteiger partial charge in [0.25, 0.3) is 0 Å². The van der Waals surface area contributed by atoms with Crippen LogP contribution < -0.4 is 5.63 Å². The first-order chi connectivity index (χ1) is 12.5. The highest BCUT2D eigenvalue weighted by atomic mass is 32.1. The molecule has 0 radical (unpaired) electrons. The van der Waals surface area contributed by atoms with E-state index in [1.807, 2.05) is 26.0 Å². The topological polar surface area (TPSA) is 59.7 Å². The molecule has 3 rings (SSSR count). The minimum absolute atomic E-state index is 0.0651. The van der Waals surface area contributed by atoms with Gasteiger partial charge >= 0.3 is 5.63 Å². The first-order valence-corrected chi connectivity index (χ1v) is 10.4. The monoisotopic (exact) mass is 376 g/mol.